The normalized spacial score (nSPS) is 9.93. The van der Waals surface area contributed by atoms with E-state index in [4.69, 9.17) is 16.3 Å². The Morgan fingerprint density at radius 2 is 1.61 bits per heavy atom. The molecule has 0 atom stereocenters. The van der Waals surface area contributed by atoms with Crippen molar-refractivity contribution in [2.24, 2.45) is 5.73 Å². The number of hydrogen-bond donors (Lipinski definition) is 3. The standard InChI is InChI=1S/C19H15ClN2O.C3H8.CH5N/c1-23-18-11-14(21-13-5-3-2-4-6-13)10-16-15-9-12(20)7-8-17(15)22-19(16)18;1-3-2;1-2/h2-11,21-22H,1H3;3H2,1-2H3;2H2,1H3. The van der Waals surface area contributed by atoms with Gasteiger partial charge in [-0.3, -0.25) is 0 Å². The van der Waals surface area contributed by atoms with E-state index in [1.165, 1.54) is 13.5 Å². The van der Waals surface area contributed by atoms with Crippen LogP contribution in [0, 0.1) is 0 Å². The largest absolute Gasteiger partial charge is 0.494 e. The van der Waals surface area contributed by atoms with Gasteiger partial charge < -0.3 is 20.8 Å². The zero-order valence-electron chi connectivity index (χ0n) is 16.8. The van der Waals surface area contributed by atoms with Gasteiger partial charge in [0.2, 0.25) is 0 Å². The number of aromatic amines is 1. The fourth-order valence-electron chi connectivity index (χ4n) is 2.86. The lowest BCUT2D eigenvalue weighted by Crippen LogP contribution is -1.92. The molecule has 0 aliphatic heterocycles. The van der Waals surface area contributed by atoms with E-state index in [2.05, 4.69) is 35.9 Å². The minimum atomic E-state index is 0.721. The van der Waals surface area contributed by atoms with Crippen LogP contribution in [-0.2, 0) is 0 Å². The number of H-pyrrole nitrogens is 1. The maximum absolute atomic E-state index is 6.16. The molecule has 3 aromatic carbocycles. The van der Waals surface area contributed by atoms with Crippen molar-refractivity contribution in [2.45, 2.75) is 20.3 Å². The van der Waals surface area contributed by atoms with Crippen LogP contribution in [0.25, 0.3) is 21.8 Å². The third-order valence-electron chi connectivity index (χ3n) is 3.92. The molecule has 0 spiro atoms. The molecule has 1 aromatic heterocycles. The van der Waals surface area contributed by atoms with Gasteiger partial charge in [-0.25, -0.2) is 0 Å². The van der Waals surface area contributed by atoms with Crippen molar-refractivity contribution >= 4 is 44.8 Å². The van der Waals surface area contributed by atoms with Crippen LogP contribution in [0.2, 0.25) is 5.02 Å². The Hall–Kier alpha value is -2.69. The smallest absolute Gasteiger partial charge is 0.145 e. The number of rotatable bonds is 3. The molecular formula is C23H28ClN3O. The average molecular weight is 398 g/mol. The summed E-state index contributed by atoms with van der Waals surface area (Å²) in [6, 6.07) is 20.0. The monoisotopic (exact) mass is 397 g/mol. The minimum absolute atomic E-state index is 0.721. The Morgan fingerprint density at radius 3 is 2.25 bits per heavy atom. The number of halogens is 1. The molecule has 5 heteroatoms. The Morgan fingerprint density at radius 1 is 0.929 bits per heavy atom. The average Bonchev–Trinajstić information content (AvgIpc) is 3.08. The number of ether oxygens (including phenoxy) is 1. The van der Waals surface area contributed by atoms with E-state index in [0.717, 1.165) is 44.0 Å². The van der Waals surface area contributed by atoms with Crippen molar-refractivity contribution in [3.8, 4) is 5.75 Å². The van der Waals surface area contributed by atoms with E-state index in [1.54, 1.807) is 7.11 Å². The van der Waals surface area contributed by atoms with Gasteiger partial charge in [-0.2, -0.15) is 0 Å². The number of para-hydroxylation sites is 1. The van der Waals surface area contributed by atoms with Crippen molar-refractivity contribution in [3.63, 3.8) is 0 Å². The SMILES string of the molecule is CCC.CN.COc1cc(Nc2ccccc2)cc2c1[nH]c1ccc(Cl)cc12. The van der Waals surface area contributed by atoms with Crippen LogP contribution in [0.15, 0.2) is 60.7 Å². The predicted molar refractivity (Wildman–Crippen MR) is 123 cm³/mol. The molecular weight excluding hydrogens is 370 g/mol. The Kier molecular flexibility index (Phi) is 8.18. The summed E-state index contributed by atoms with van der Waals surface area (Å²) < 4.78 is 5.56. The molecule has 0 aliphatic carbocycles. The number of anilines is 2. The van der Waals surface area contributed by atoms with Crippen LogP contribution in [0.3, 0.4) is 0 Å². The van der Waals surface area contributed by atoms with Crippen LogP contribution in [0.1, 0.15) is 20.3 Å². The first-order valence-electron chi connectivity index (χ1n) is 9.35. The van der Waals surface area contributed by atoms with E-state index >= 15 is 0 Å². The van der Waals surface area contributed by atoms with Crippen LogP contribution in [0.5, 0.6) is 5.75 Å². The number of fused-ring (bicyclic) bond motifs is 3. The fourth-order valence-corrected chi connectivity index (χ4v) is 3.03. The second-order valence-electron chi connectivity index (χ2n) is 6.11. The van der Waals surface area contributed by atoms with Gasteiger partial charge in [-0.1, -0.05) is 50.1 Å². The molecule has 4 rings (SSSR count). The first-order chi connectivity index (χ1) is 13.7. The zero-order valence-corrected chi connectivity index (χ0v) is 17.6. The molecule has 0 saturated carbocycles. The third-order valence-corrected chi connectivity index (χ3v) is 4.15. The van der Waals surface area contributed by atoms with E-state index in [9.17, 15) is 0 Å². The Labute approximate surface area is 171 Å². The highest BCUT2D eigenvalue weighted by Gasteiger charge is 2.11. The van der Waals surface area contributed by atoms with Crippen LogP contribution in [-0.4, -0.2) is 19.1 Å². The second-order valence-corrected chi connectivity index (χ2v) is 6.55. The number of methoxy groups -OCH3 is 1. The third kappa shape index (κ3) is 4.97. The van der Waals surface area contributed by atoms with Gasteiger partial charge >= 0.3 is 0 Å². The number of hydrogen-bond acceptors (Lipinski definition) is 3. The van der Waals surface area contributed by atoms with Crippen molar-refractivity contribution in [2.75, 3.05) is 19.5 Å². The maximum Gasteiger partial charge on any atom is 0.145 e. The van der Waals surface area contributed by atoms with E-state index in [1.807, 2.05) is 54.6 Å². The molecule has 4 N–H and O–H groups in total. The number of nitrogens with one attached hydrogen (secondary N) is 2. The van der Waals surface area contributed by atoms with E-state index in [0.29, 0.717) is 0 Å². The summed E-state index contributed by atoms with van der Waals surface area (Å²) in [6.07, 6.45) is 1.25. The second kappa shape index (κ2) is 10.6. The number of aromatic nitrogens is 1. The Bertz CT molecular complexity index is 1010. The first-order valence-corrected chi connectivity index (χ1v) is 9.72. The first kappa shape index (κ1) is 21.6. The molecule has 4 aromatic rings. The molecule has 1 heterocycles. The summed E-state index contributed by atoms with van der Waals surface area (Å²) in [7, 11) is 3.18. The van der Waals surface area contributed by atoms with E-state index in [-0.39, 0.29) is 0 Å². The van der Waals surface area contributed by atoms with Crippen LogP contribution in [0.4, 0.5) is 11.4 Å². The lowest BCUT2D eigenvalue weighted by atomic mass is 10.1. The van der Waals surface area contributed by atoms with Gasteiger partial charge in [0.05, 0.1) is 12.6 Å². The van der Waals surface area contributed by atoms with Gasteiger partial charge in [0.25, 0.3) is 0 Å². The summed E-state index contributed by atoms with van der Waals surface area (Å²) in [5.74, 6) is 0.799. The topological polar surface area (TPSA) is 63.1 Å². The molecule has 0 unspecified atom stereocenters. The summed E-state index contributed by atoms with van der Waals surface area (Å²) in [4.78, 5) is 3.40. The van der Waals surface area contributed by atoms with Crippen molar-refractivity contribution in [1.29, 1.82) is 0 Å². The molecule has 0 amide bonds. The van der Waals surface area contributed by atoms with Crippen LogP contribution < -0.4 is 15.8 Å². The lowest BCUT2D eigenvalue weighted by Gasteiger charge is -2.09. The van der Waals surface area contributed by atoms with Gasteiger partial charge in [-0.05, 0) is 43.4 Å². The van der Waals surface area contributed by atoms with Gasteiger partial charge in [0, 0.05) is 38.8 Å². The molecule has 28 heavy (non-hydrogen) atoms. The summed E-state index contributed by atoms with van der Waals surface area (Å²) >= 11 is 6.16. The van der Waals surface area contributed by atoms with Gasteiger partial charge in [0.1, 0.15) is 5.75 Å². The number of benzene rings is 3. The molecule has 0 radical (unpaired) electrons. The predicted octanol–water partition coefficient (Wildman–Crippen LogP) is 6.72. The van der Waals surface area contributed by atoms with Crippen LogP contribution >= 0.6 is 11.6 Å². The molecule has 0 bridgehead atoms. The molecule has 4 nitrogen and oxygen atoms in total. The minimum Gasteiger partial charge on any atom is -0.494 e. The highest BCUT2D eigenvalue weighted by atomic mass is 35.5. The summed E-state index contributed by atoms with van der Waals surface area (Å²) in [6.45, 7) is 4.25. The zero-order chi connectivity index (χ0) is 20.5. The van der Waals surface area contributed by atoms with E-state index < -0.39 is 0 Å². The van der Waals surface area contributed by atoms with Gasteiger partial charge in [0.15, 0.2) is 0 Å². The molecule has 0 aliphatic rings. The molecule has 0 saturated heterocycles. The molecule has 148 valence electrons. The molecule has 0 fully saturated rings. The summed E-state index contributed by atoms with van der Waals surface area (Å²) in [5.41, 5.74) is 8.52. The number of nitrogens with two attached hydrogens (primary N) is 1. The highest BCUT2D eigenvalue weighted by molar-refractivity contribution is 6.32. The Balaban J connectivity index is 0.000000514. The summed E-state index contributed by atoms with van der Waals surface area (Å²) in [5, 5.41) is 6.30. The van der Waals surface area contributed by atoms with Crippen molar-refractivity contribution < 1.29 is 4.74 Å². The maximum atomic E-state index is 6.16. The fraction of sp³-hybridized carbons (Fsp3) is 0.217. The lowest BCUT2D eigenvalue weighted by molar-refractivity contribution is 0.419. The van der Waals surface area contributed by atoms with Gasteiger partial charge in [-0.15, -0.1) is 0 Å². The quantitative estimate of drug-likeness (QED) is 0.359. The van der Waals surface area contributed by atoms with Crippen molar-refractivity contribution in [1.82, 2.24) is 4.98 Å². The highest BCUT2D eigenvalue weighted by Crippen LogP contribution is 2.36. The van der Waals surface area contributed by atoms with Crippen molar-refractivity contribution in [3.05, 3.63) is 65.7 Å².